The smallest absolute Gasteiger partial charge is 0.410 e. The van der Waals surface area contributed by atoms with E-state index in [1.165, 1.54) is 0 Å². The number of esters is 1. The molecule has 3 aromatic carbocycles. The molecule has 44 heavy (non-hydrogen) atoms. The van der Waals surface area contributed by atoms with Gasteiger partial charge in [0.1, 0.15) is 16.9 Å². The summed E-state index contributed by atoms with van der Waals surface area (Å²) in [7, 11) is 0. The van der Waals surface area contributed by atoms with E-state index in [0.717, 1.165) is 16.3 Å². The molecule has 1 saturated heterocycles. The van der Waals surface area contributed by atoms with Crippen LogP contribution in [0.1, 0.15) is 39.7 Å². The third kappa shape index (κ3) is 6.80. The fourth-order valence-corrected chi connectivity index (χ4v) is 5.64. The second-order valence-electron chi connectivity index (χ2n) is 11.8. The van der Waals surface area contributed by atoms with Crippen LogP contribution in [0.5, 0.6) is 0 Å². The van der Waals surface area contributed by atoms with Gasteiger partial charge in [-0.3, -0.25) is 4.79 Å². The Kier molecular flexibility index (Phi) is 9.10. The minimum Gasteiger partial charge on any atom is -0.466 e. The SMILES string of the molecule is CCOC(=O)CCNc1nc(N2CCN(C(=O)OC(C)(C)C)CC2)c2cc(Cl)c(-c3cc(C)cc4ccccc34)c(F)c2n1. The zero-order valence-electron chi connectivity index (χ0n) is 25.7. The van der Waals surface area contributed by atoms with Crippen LogP contribution in [0.4, 0.5) is 21.0 Å². The van der Waals surface area contributed by atoms with Crippen LogP contribution in [0.25, 0.3) is 32.8 Å². The predicted molar refractivity (Wildman–Crippen MR) is 172 cm³/mol. The molecular weight excluding hydrogens is 585 g/mol. The van der Waals surface area contributed by atoms with Crippen molar-refractivity contribution in [3.05, 3.63) is 58.9 Å². The second-order valence-corrected chi connectivity index (χ2v) is 12.2. The monoisotopic (exact) mass is 621 g/mol. The van der Waals surface area contributed by atoms with E-state index in [-0.39, 0.29) is 53.7 Å². The zero-order valence-corrected chi connectivity index (χ0v) is 26.4. The fourth-order valence-electron chi connectivity index (χ4n) is 5.35. The molecule has 1 aliphatic rings. The van der Waals surface area contributed by atoms with E-state index in [1.54, 1.807) is 17.9 Å². The quantitative estimate of drug-likeness (QED) is 0.221. The number of amides is 1. The normalized spacial score (nSPS) is 13.8. The van der Waals surface area contributed by atoms with Crippen LogP contribution >= 0.6 is 11.6 Å². The predicted octanol–water partition coefficient (Wildman–Crippen LogP) is 6.97. The van der Waals surface area contributed by atoms with Gasteiger partial charge in [0.05, 0.1) is 18.1 Å². The van der Waals surface area contributed by atoms with Crippen molar-refractivity contribution in [3.63, 3.8) is 0 Å². The lowest BCUT2D eigenvalue weighted by Crippen LogP contribution is -2.50. The summed E-state index contributed by atoms with van der Waals surface area (Å²) in [6.45, 7) is 11.4. The van der Waals surface area contributed by atoms with Gasteiger partial charge in [0.2, 0.25) is 5.95 Å². The van der Waals surface area contributed by atoms with E-state index in [4.69, 9.17) is 26.1 Å². The van der Waals surface area contributed by atoms with Crippen LogP contribution in [0, 0.1) is 12.7 Å². The number of ether oxygens (including phenoxy) is 2. The van der Waals surface area contributed by atoms with Gasteiger partial charge in [-0.05, 0) is 62.6 Å². The first kappa shape index (κ1) is 31.3. The van der Waals surface area contributed by atoms with E-state index in [2.05, 4.69) is 16.4 Å². The molecule has 0 unspecified atom stereocenters. The largest absolute Gasteiger partial charge is 0.466 e. The van der Waals surface area contributed by atoms with Crippen molar-refractivity contribution in [2.24, 2.45) is 0 Å². The lowest BCUT2D eigenvalue weighted by Gasteiger charge is -2.36. The summed E-state index contributed by atoms with van der Waals surface area (Å²) in [4.78, 5) is 37.5. The highest BCUT2D eigenvalue weighted by molar-refractivity contribution is 6.35. The second kappa shape index (κ2) is 12.8. The first-order chi connectivity index (χ1) is 20.9. The van der Waals surface area contributed by atoms with E-state index in [9.17, 15) is 9.59 Å². The van der Waals surface area contributed by atoms with E-state index in [0.29, 0.717) is 42.9 Å². The molecule has 2 heterocycles. The maximum Gasteiger partial charge on any atom is 0.410 e. The number of carbonyl (C=O) groups is 2. The summed E-state index contributed by atoms with van der Waals surface area (Å²) < 4.78 is 27.3. The highest BCUT2D eigenvalue weighted by Crippen LogP contribution is 2.41. The van der Waals surface area contributed by atoms with Crippen molar-refractivity contribution < 1.29 is 23.5 Å². The average molecular weight is 622 g/mol. The minimum atomic E-state index is -0.601. The van der Waals surface area contributed by atoms with Gasteiger partial charge in [-0.25, -0.2) is 14.2 Å². The molecule has 9 nitrogen and oxygen atoms in total. The van der Waals surface area contributed by atoms with Gasteiger partial charge >= 0.3 is 12.1 Å². The molecular formula is C33H37ClFN5O4. The average Bonchev–Trinajstić information content (AvgIpc) is 2.96. The topological polar surface area (TPSA) is 96.9 Å². The summed E-state index contributed by atoms with van der Waals surface area (Å²) in [5.41, 5.74) is 1.41. The molecule has 1 N–H and O–H groups in total. The summed E-state index contributed by atoms with van der Waals surface area (Å²) in [6.07, 6.45) is -0.280. The number of rotatable bonds is 7. The van der Waals surface area contributed by atoms with Crippen LogP contribution in [-0.4, -0.2) is 71.9 Å². The standard InChI is InChI=1S/C33H37ClFN5O4/c1-6-43-26(41)11-12-36-31-37-29-24(30(38-31)39-13-15-40(16-14-39)32(42)44-33(3,4)5)19-25(34)27(28(29)35)23-18-20(2)17-21-9-7-8-10-22(21)23/h7-10,17-19H,6,11-16H2,1-5H3,(H,36,37,38). The molecule has 1 aliphatic heterocycles. The van der Waals surface area contributed by atoms with Crippen molar-refractivity contribution >= 4 is 57.1 Å². The van der Waals surface area contributed by atoms with E-state index in [1.807, 2.05) is 62.9 Å². The van der Waals surface area contributed by atoms with Crippen LogP contribution in [0.15, 0.2) is 42.5 Å². The van der Waals surface area contributed by atoms with Gasteiger partial charge < -0.3 is 24.6 Å². The molecule has 0 saturated carbocycles. The fraction of sp³-hybridized carbons (Fsp3) is 0.394. The van der Waals surface area contributed by atoms with Crippen molar-refractivity contribution in [3.8, 4) is 11.1 Å². The number of fused-ring (bicyclic) bond motifs is 2. The Morgan fingerprint density at radius 1 is 1.05 bits per heavy atom. The lowest BCUT2D eigenvalue weighted by atomic mass is 9.94. The minimum absolute atomic E-state index is 0.1000. The first-order valence-corrected chi connectivity index (χ1v) is 15.1. The third-order valence-electron chi connectivity index (χ3n) is 7.29. The lowest BCUT2D eigenvalue weighted by molar-refractivity contribution is -0.142. The van der Waals surface area contributed by atoms with Gasteiger partial charge in [-0.15, -0.1) is 0 Å². The van der Waals surface area contributed by atoms with E-state index >= 15 is 4.39 Å². The Balaban J connectivity index is 1.56. The van der Waals surface area contributed by atoms with Crippen molar-refractivity contribution in [2.45, 2.75) is 46.6 Å². The van der Waals surface area contributed by atoms with Crippen LogP contribution in [0.2, 0.25) is 5.02 Å². The number of nitrogens with zero attached hydrogens (tertiary/aromatic N) is 4. The van der Waals surface area contributed by atoms with Crippen molar-refractivity contribution in [2.75, 3.05) is 49.5 Å². The molecule has 1 fully saturated rings. The molecule has 5 rings (SSSR count). The van der Waals surface area contributed by atoms with Crippen molar-refractivity contribution in [1.29, 1.82) is 0 Å². The Labute approximate surface area is 261 Å². The number of hydrogen-bond donors (Lipinski definition) is 1. The van der Waals surface area contributed by atoms with Gasteiger partial charge in [0.15, 0.2) is 5.82 Å². The van der Waals surface area contributed by atoms with Gasteiger partial charge in [0, 0.05) is 43.7 Å². The molecule has 11 heteroatoms. The molecule has 0 aliphatic carbocycles. The number of piperazine rings is 1. The van der Waals surface area contributed by atoms with Gasteiger partial charge in [-0.2, -0.15) is 4.98 Å². The Hall–Kier alpha value is -4.18. The van der Waals surface area contributed by atoms with Crippen LogP contribution in [0.3, 0.4) is 0 Å². The Morgan fingerprint density at radius 3 is 2.48 bits per heavy atom. The molecule has 0 atom stereocenters. The number of anilines is 2. The summed E-state index contributed by atoms with van der Waals surface area (Å²) in [5.74, 6) is -0.259. The molecule has 4 aromatic rings. The van der Waals surface area contributed by atoms with Crippen LogP contribution < -0.4 is 10.2 Å². The number of hydrogen-bond acceptors (Lipinski definition) is 8. The number of carbonyl (C=O) groups excluding carboxylic acids is 2. The zero-order chi connectivity index (χ0) is 31.6. The molecule has 232 valence electrons. The van der Waals surface area contributed by atoms with Crippen LogP contribution in [-0.2, 0) is 14.3 Å². The molecule has 0 spiro atoms. The summed E-state index contributed by atoms with van der Waals surface area (Å²) in [5, 5.41) is 5.61. The number of nitrogens with one attached hydrogen (secondary N) is 1. The highest BCUT2D eigenvalue weighted by Gasteiger charge is 2.29. The number of aryl methyl sites for hydroxylation is 1. The third-order valence-corrected chi connectivity index (χ3v) is 7.58. The van der Waals surface area contributed by atoms with Crippen molar-refractivity contribution in [1.82, 2.24) is 14.9 Å². The molecule has 1 aromatic heterocycles. The number of aromatic nitrogens is 2. The molecule has 1 amide bonds. The Morgan fingerprint density at radius 2 is 1.77 bits per heavy atom. The van der Waals surface area contributed by atoms with Gasteiger partial charge in [-0.1, -0.05) is 48.0 Å². The van der Waals surface area contributed by atoms with E-state index < -0.39 is 11.4 Å². The number of benzene rings is 3. The molecule has 0 bridgehead atoms. The van der Waals surface area contributed by atoms with Gasteiger partial charge in [0.25, 0.3) is 0 Å². The Bertz CT molecular complexity index is 1720. The summed E-state index contributed by atoms with van der Waals surface area (Å²) >= 11 is 6.87. The highest BCUT2D eigenvalue weighted by atomic mass is 35.5. The summed E-state index contributed by atoms with van der Waals surface area (Å²) in [6, 6.07) is 13.5. The number of halogens is 2. The maximum atomic E-state index is 16.7. The first-order valence-electron chi connectivity index (χ1n) is 14.8. The maximum absolute atomic E-state index is 16.7. The molecule has 0 radical (unpaired) electrons.